The van der Waals surface area contributed by atoms with Crippen LogP contribution < -0.4 is 4.90 Å². The van der Waals surface area contributed by atoms with Crippen molar-refractivity contribution < 1.29 is 9.50 Å². The molecule has 1 saturated heterocycles. The van der Waals surface area contributed by atoms with Gasteiger partial charge in [0.25, 0.3) is 0 Å². The van der Waals surface area contributed by atoms with Crippen LogP contribution in [-0.2, 0) is 0 Å². The Morgan fingerprint density at radius 1 is 1.04 bits per heavy atom. The van der Waals surface area contributed by atoms with E-state index in [1.807, 2.05) is 18.2 Å². The zero-order valence-corrected chi connectivity index (χ0v) is 14.6. The number of benzene rings is 2. The SMILES string of the molecule is OC(CN1CCN(c2nc3ccccc3s2)CC1)c1ccccc1F. The standard InChI is InChI=1S/C19H20FN3OS/c20-15-6-2-1-5-14(15)17(24)13-22-9-11-23(12-10-22)19-21-16-7-3-4-8-18(16)25-19/h1-8,17,24H,9-13H2. The Labute approximate surface area is 150 Å². The molecule has 0 aliphatic carbocycles. The van der Waals surface area contributed by atoms with Crippen LogP contribution in [0, 0.1) is 5.82 Å². The number of hydrogen-bond donors (Lipinski definition) is 1. The van der Waals surface area contributed by atoms with E-state index in [2.05, 4.69) is 15.9 Å². The van der Waals surface area contributed by atoms with Crippen molar-refractivity contribution in [2.75, 3.05) is 37.6 Å². The van der Waals surface area contributed by atoms with Crippen LogP contribution in [0.25, 0.3) is 10.2 Å². The lowest BCUT2D eigenvalue weighted by atomic mass is 10.1. The van der Waals surface area contributed by atoms with Crippen LogP contribution in [0.5, 0.6) is 0 Å². The van der Waals surface area contributed by atoms with Crippen LogP contribution in [0.4, 0.5) is 9.52 Å². The van der Waals surface area contributed by atoms with Crippen molar-refractivity contribution in [3.63, 3.8) is 0 Å². The number of β-amino-alcohol motifs (C(OH)–C–C–N with tert-alkyl or cyclic N) is 1. The van der Waals surface area contributed by atoms with Gasteiger partial charge in [-0.25, -0.2) is 9.37 Å². The van der Waals surface area contributed by atoms with Crippen LogP contribution in [0.1, 0.15) is 11.7 Å². The molecule has 0 bridgehead atoms. The molecule has 130 valence electrons. The summed E-state index contributed by atoms with van der Waals surface area (Å²) < 4.78 is 15.0. The number of hydrogen-bond acceptors (Lipinski definition) is 5. The normalized spacial score (nSPS) is 17.1. The van der Waals surface area contributed by atoms with E-state index in [0.717, 1.165) is 36.8 Å². The molecular weight excluding hydrogens is 337 g/mol. The molecule has 1 aliphatic rings. The van der Waals surface area contributed by atoms with Crippen LogP contribution in [0.2, 0.25) is 0 Å². The van der Waals surface area contributed by atoms with Gasteiger partial charge in [-0.3, -0.25) is 4.90 Å². The second-order valence-electron chi connectivity index (χ2n) is 6.29. The Kier molecular flexibility index (Phi) is 4.65. The Morgan fingerprint density at radius 2 is 1.76 bits per heavy atom. The molecule has 2 heterocycles. The highest BCUT2D eigenvalue weighted by atomic mass is 32.1. The van der Waals surface area contributed by atoms with Gasteiger partial charge < -0.3 is 10.0 Å². The van der Waals surface area contributed by atoms with Crippen molar-refractivity contribution >= 4 is 26.7 Å². The molecule has 2 aromatic carbocycles. The van der Waals surface area contributed by atoms with E-state index in [4.69, 9.17) is 4.98 Å². The van der Waals surface area contributed by atoms with Gasteiger partial charge in [-0.15, -0.1) is 0 Å². The second-order valence-corrected chi connectivity index (χ2v) is 7.30. The van der Waals surface area contributed by atoms with Gasteiger partial charge in [-0.05, 0) is 18.2 Å². The summed E-state index contributed by atoms with van der Waals surface area (Å²) in [6.07, 6.45) is -0.796. The van der Waals surface area contributed by atoms with Gasteiger partial charge >= 0.3 is 0 Å². The number of rotatable bonds is 4. The molecule has 6 heteroatoms. The summed E-state index contributed by atoms with van der Waals surface area (Å²) >= 11 is 1.72. The third-order valence-corrected chi connectivity index (χ3v) is 5.72. The monoisotopic (exact) mass is 357 g/mol. The average molecular weight is 357 g/mol. The molecule has 1 aliphatic heterocycles. The molecule has 1 fully saturated rings. The van der Waals surface area contributed by atoms with Crippen LogP contribution in [-0.4, -0.2) is 47.7 Å². The summed E-state index contributed by atoms with van der Waals surface area (Å²) in [7, 11) is 0. The third-order valence-electron chi connectivity index (χ3n) is 4.62. The number of para-hydroxylation sites is 1. The van der Waals surface area contributed by atoms with E-state index in [9.17, 15) is 9.50 Å². The summed E-state index contributed by atoms with van der Waals surface area (Å²) in [5.74, 6) is -0.344. The molecule has 0 radical (unpaired) electrons. The smallest absolute Gasteiger partial charge is 0.186 e. The minimum atomic E-state index is -0.796. The Balaban J connectivity index is 1.37. The number of anilines is 1. The lowest BCUT2D eigenvalue weighted by molar-refractivity contribution is 0.106. The van der Waals surface area contributed by atoms with Crippen LogP contribution >= 0.6 is 11.3 Å². The molecule has 4 rings (SSSR count). The average Bonchev–Trinajstić information content (AvgIpc) is 3.07. The van der Waals surface area contributed by atoms with Gasteiger partial charge in [0, 0.05) is 38.3 Å². The van der Waals surface area contributed by atoms with Crippen molar-refractivity contribution in [1.29, 1.82) is 0 Å². The molecular formula is C19H20FN3OS. The number of fused-ring (bicyclic) bond motifs is 1. The first-order chi connectivity index (χ1) is 12.2. The topological polar surface area (TPSA) is 39.6 Å². The summed E-state index contributed by atoms with van der Waals surface area (Å²) in [5.41, 5.74) is 1.41. The Morgan fingerprint density at radius 3 is 2.52 bits per heavy atom. The van der Waals surface area contributed by atoms with Crippen molar-refractivity contribution in [3.05, 3.63) is 59.9 Å². The van der Waals surface area contributed by atoms with Crippen molar-refractivity contribution in [2.45, 2.75) is 6.10 Å². The van der Waals surface area contributed by atoms with Crippen molar-refractivity contribution in [1.82, 2.24) is 9.88 Å². The molecule has 1 N–H and O–H groups in total. The van der Waals surface area contributed by atoms with Crippen molar-refractivity contribution in [2.24, 2.45) is 0 Å². The predicted molar refractivity (Wildman–Crippen MR) is 99.6 cm³/mol. The molecule has 0 saturated carbocycles. The number of aliphatic hydroxyl groups excluding tert-OH is 1. The number of thiazole rings is 1. The minimum Gasteiger partial charge on any atom is -0.387 e. The zero-order chi connectivity index (χ0) is 17.2. The number of piperazine rings is 1. The molecule has 0 spiro atoms. The fourth-order valence-corrected chi connectivity index (χ4v) is 4.22. The van der Waals surface area contributed by atoms with E-state index in [1.165, 1.54) is 10.8 Å². The minimum absolute atomic E-state index is 0.344. The van der Waals surface area contributed by atoms with Gasteiger partial charge in [0.1, 0.15) is 5.82 Å². The first kappa shape index (κ1) is 16.4. The molecule has 4 nitrogen and oxygen atoms in total. The summed E-state index contributed by atoms with van der Waals surface area (Å²) in [6.45, 7) is 3.85. The quantitative estimate of drug-likeness (QED) is 0.778. The highest BCUT2D eigenvalue weighted by molar-refractivity contribution is 7.22. The number of nitrogens with zero attached hydrogens (tertiary/aromatic N) is 3. The van der Waals surface area contributed by atoms with Crippen LogP contribution in [0.3, 0.4) is 0 Å². The first-order valence-corrected chi connectivity index (χ1v) is 9.28. The highest BCUT2D eigenvalue weighted by Crippen LogP contribution is 2.29. The summed E-state index contributed by atoms with van der Waals surface area (Å²) in [6, 6.07) is 14.6. The van der Waals surface area contributed by atoms with Gasteiger partial charge in [0.05, 0.1) is 16.3 Å². The number of aromatic nitrogens is 1. The lowest BCUT2D eigenvalue weighted by Gasteiger charge is -2.35. The van der Waals surface area contributed by atoms with Crippen LogP contribution in [0.15, 0.2) is 48.5 Å². The predicted octanol–water partition coefficient (Wildman–Crippen LogP) is 3.29. The first-order valence-electron chi connectivity index (χ1n) is 8.46. The van der Waals surface area contributed by atoms with E-state index in [1.54, 1.807) is 29.5 Å². The molecule has 1 atom stereocenters. The fraction of sp³-hybridized carbons (Fsp3) is 0.316. The van der Waals surface area contributed by atoms with E-state index in [-0.39, 0.29) is 5.82 Å². The van der Waals surface area contributed by atoms with Gasteiger partial charge in [0.15, 0.2) is 5.13 Å². The van der Waals surface area contributed by atoms with E-state index in [0.29, 0.717) is 12.1 Å². The molecule has 3 aromatic rings. The largest absolute Gasteiger partial charge is 0.387 e. The molecule has 25 heavy (non-hydrogen) atoms. The summed E-state index contributed by atoms with van der Waals surface area (Å²) in [5, 5.41) is 11.4. The third kappa shape index (κ3) is 3.51. The highest BCUT2D eigenvalue weighted by Gasteiger charge is 2.23. The van der Waals surface area contributed by atoms with Crippen molar-refractivity contribution in [3.8, 4) is 0 Å². The molecule has 1 aromatic heterocycles. The Hall–Kier alpha value is -2.02. The maximum absolute atomic E-state index is 13.8. The maximum atomic E-state index is 13.8. The van der Waals surface area contributed by atoms with E-state index < -0.39 is 6.10 Å². The number of aliphatic hydroxyl groups is 1. The second kappa shape index (κ2) is 7.07. The maximum Gasteiger partial charge on any atom is 0.186 e. The van der Waals surface area contributed by atoms with Gasteiger partial charge in [-0.2, -0.15) is 0 Å². The molecule has 0 amide bonds. The molecule has 1 unspecified atom stereocenters. The lowest BCUT2D eigenvalue weighted by Crippen LogP contribution is -2.47. The van der Waals surface area contributed by atoms with Gasteiger partial charge in [0.2, 0.25) is 0 Å². The van der Waals surface area contributed by atoms with Gasteiger partial charge in [-0.1, -0.05) is 41.7 Å². The summed E-state index contributed by atoms with van der Waals surface area (Å²) in [4.78, 5) is 9.18. The number of halogens is 1. The fourth-order valence-electron chi connectivity index (χ4n) is 3.21. The van der Waals surface area contributed by atoms with E-state index >= 15 is 0 Å². The zero-order valence-electron chi connectivity index (χ0n) is 13.8. The Bertz CT molecular complexity index is 828.